The molecular formula is C62H92N10O15. The summed E-state index contributed by atoms with van der Waals surface area (Å²) in [6.07, 6.45) is 0.687. The van der Waals surface area contributed by atoms with E-state index in [0.29, 0.717) is 36.9 Å². The van der Waals surface area contributed by atoms with Crippen LogP contribution in [0.25, 0.3) is 0 Å². The maximum absolute atomic E-state index is 14.7. The van der Waals surface area contributed by atoms with Crippen LogP contribution >= 0.6 is 0 Å². The van der Waals surface area contributed by atoms with E-state index in [1.54, 1.807) is 54.1 Å². The molecule has 8 N–H and O–H groups in total. The van der Waals surface area contributed by atoms with Crippen LogP contribution in [-0.2, 0) is 75.1 Å². The molecule has 1 fully saturated rings. The van der Waals surface area contributed by atoms with Crippen LogP contribution in [0.1, 0.15) is 98.1 Å². The van der Waals surface area contributed by atoms with Crippen molar-refractivity contribution in [3.8, 4) is 5.75 Å². The molecule has 2 heterocycles. The Balaban J connectivity index is 1.54. The van der Waals surface area contributed by atoms with E-state index in [2.05, 4.69) is 31.9 Å². The summed E-state index contributed by atoms with van der Waals surface area (Å²) >= 11 is 0. The van der Waals surface area contributed by atoms with Crippen LogP contribution in [0.4, 0.5) is 0 Å². The maximum atomic E-state index is 14.7. The Kier molecular flexibility index (Phi) is 28.5. The third-order valence-corrected chi connectivity index (χ3v) is 16.1. The summed E-state index contributed by atoms with van der Waals surface area (Å²) in [7, 11) is 8.23. The number of carboxylic acids is 1. The van der Waals surface area contributed by atoms with Crippen LogP contribution in [0.5, 0.6) is 5.75 Å². The van der Waals surface area contributed by atoms with Gasteiger partial charge in [-0.1, -0.05) is 97.4 Å². The van der Waals surface area contributed by atoms with Crippen molar-refractivity contribution in [3.63, 3.8) is 0 Å². The Morgan fingerprint density at radius 2 is 1.24 bits per heavy atom. The molecule has 1 unspecified atom stereocenters. The van der Waals surface area contributed by atoms with Crippen LogP contribution in [0.15, 0.2) is 66.7 Å². The Morgan fingerprint density at radius 3 is 1.77 bits per heavy atom. The SMILES string of the molecule is CC[C@H](C)[C@@H]([C@@H](CC(=O)N1CCC[C@H]1C(OC)[C@@H](C)C(=O)N[C@@H](Cc1ccccc1)C(=O)N[C@@H](Cc1ccc(O)cc1)C(=O)N[C@@H](CC(=O)O)C(=O)NCCNC(=O)CCN1C(=O)C=CC1=O)OC)N(C)C(=O)[C@@H](NC(=O)[C@H](C(C)C)N(C)C)C(C)C. The van der Waals surface area contributed by atoms with Gasteiger partial charge in [0.1, 0.15) is 29.9 Å². The van der Waals surface area contributed by atoms with Gasteiger partial charge in [-0.2, -0.15) is 0 Å². The zero-order chi connectivity index (χ0) is 64.8. The van der Waals surface area contributed by atoms with Gasteiger partial charge in [0.2, 0.25) is 47.3 Å². The lowest BCUT2D eigenvalue weighted by Crippen LogP contribution is -2.60. The molecule has 0 bridgehead atoms. The second-order valence-corrected chi connectivity index (χ2v) is 23.4. The first-order valence-corrected chi connectivity index (χ1v) is 29.7. The Hall–Kier alpha value is -7.77. The molecule has 25 heteroatoms. The number of carbonyl (C=O) groups excluding carboxylic acids is 10. The molecule has 10 amide bonds. The fourth-order valence-electron chi connectivity index (χ4n) is 11.2. The normalized spacial score (nSPS) is 17.5. The summed E-state index contributed by atoms with van der Waals surface area (Å²) in [5, 5.41) is 35.9. The van der Waals surface area contributed by atoms with E-state index in [9.17, 15) is 63.0 Å². The number of nitrogens with one attached hydrogen (secondary N) is 6. The van der Waals surface area contributed by atoms with E-state index in [0.717, 1.165) is 17.1 Å². The third-order valence-electron chi connectivity index (χ3n) is 16.1. The molecule has 0 spiro atoms. The summed E-state index contributed by atoms with van der Waals surface area (Å²) in [5.74, 6) is -8.83. The molecule has 2 aliphatic heterocycles. The number of rotatable bonds is 35. The number of amides is 10. The molecule has 1 saturated heterocycles. The van der Waals surface area contributed by atoms with Crippen LogP contribution in [0.2, 0.25) is 0 Å². The number of likely N-dealkylation sites (N-methyl/N-ethyl adjacent to an activating group) is 2. The number of ether oxygens (including phenoxy) is 2. The number of aromatic hydroxyl groups is 1. The molecule has 0 radical (unpaired) electrons. The van der Waals surface area contributed by atoms with Gasteiger partial charge in [-0.25, -0.2) is 0 Å². The van der Waals surface area contributed by atoms with Crippen LogP contribution in [0, 0.1) is 23.7 Å². The number of methoxy groups -OCH3 is 2. The molecule has 0 saturated carbocycles. The van der Waals surface area contributed by atoms with E-state index in [-0.39, 0.29) is 86.5 Å². The van der Waals surface area contributed by atoms with Gasteiger partial charge in [0.15, 0.2) is 0 Å². The van der Waals surface area contributed by atoms with Gasteiger partial charge >= 0.3 is 5.97 Å². The van der Waals surface area contributed by atoms with Gasteiger partial charge in [-0.15, -0.1) is 0 Å². The number of carbonyl (C=O) groups is 11. The highest BCUT2D eigenvalue weighted by atomic mass is 16.5. The molecule has 25 nitrogen and oxygen atoms in total. The van der Waals surface area contributed by atoms with Crippen molar-refractivity contribution < 1.29 is 72.4 Å². The second-order valence-electron chi connectivity index (χ2n) is 23.4. The molecule has 2 aromatic carbocycles. The minimum atomic E-state index is -1.68. The molecular weight excluding hydrogens is 1120 g/mol. The predicted molar refractivity (Wildman–Crippen MR) is 322 cm³/mol. The van der Waals surface area contributed by atoms with Crippen molar-refractivity contribution in [3.05, 3.63) is 77.9 Å². The van der Waals surface area contributed by atoms with Crippen LogP contribution in [0.3, 0.4) is 0 Å². The van der Waals surface area contributed by atoms with Gasteiger partial charge in [0.05, 0.1) is 49.1 Å². The number of nitrogens with zero attached hydrogens (tertiary/aromatic N) is 4. The Morgan fingerprint density at radius 1 is 0.678 bits per heavy atom. The fraction of sp³-hybridized carbons (Fsp3) is 0.597. The van der Waals surface area contributed by atoms with Crippen molar-refractivity contribution in [2.24, 2.45) is 23.7 Å². The molecule has 4 rings (SSSR count). The van der Waals surface area contributed by atoms with Crippen LogP contribution in [-0.4, -0.2) is 211 Å². The van der Waals surface area contributed by atoms with Crippen molar-refractivity contribution in [2.75, 3.05) is 61.5 Å². The first-order valence-electron chi connectivity index (χ1n) is 29.7. The van der Waals surface area contributed by atoms with Gasteiger partial charge in [0, 0.05) is 78.9 Å². The molecule has 480 valence electrons. The monoisotopic (exact) mass is 1220 g/mol. The Bertz CT molecular complexity index is 2700. The van der Waals surface area contributed by atoms with E-state index in [1.807, 2.05) is 60.5 Å². The molecule has 2 aromatic rings. The second kappa shape index (κ2) is 34.5. The first-order chi connectivity index (χ1) is 41.1. The number of hydrogen-bond acceptors (Lipinski definition) is 15. The number of aliphatic carboxylic acids is 1. The average molecular weight is 1220 g/mol. The maximum Gasteiger partial charge on any atom is 0.305 e. The van der Waals surface area contributed by atoms with Gasteiger partial charge < -0.3 is 61.4 Å². The number of carboxylic acid groups (broad SMARTS) is 1. The zero-order valence-corrected chi connectivity index (χ0v) is 52.3. The summed E-state index contributed by atoms with van der Waals surface area (Å²) in [6.45, 7) is 13.0. The minimum Gasteiger partial charge on any atom is -0.508 e. The molecule has 0 aromatic heterocycles. The van der Waals surface area contributed by atoms with Crippen LogP contribution < -0.4 is 31.9 Å². The quantitative estimate of drug-likeness (QED) is 0.0356. The smallest absolute Gasteiger partial charge is 0.305 e. The number of imide groups is 1. The van der Waals surface area contributed by atoms with E-state index < -0.39 is 114 Å². The Labute approximate surface area is 510 Å². The zero-order valence-electron chi connectivity index (χ0n) is 52.3. The van der Waals surface area contributed by atoms with Gasteiger partial charge in [-0.05, 0) is 68.0 Å². The lowest BCUT2D eigenvalue weighted by atomic mass is 9.89. The lowest BCUT2D eigenvalue weighted by Gasteiger charge is -2.41. The number of likely N-dealkylation sites (tertiary alicyclic amines) is 1. The fourth-order valence-corrected chi connectivity index (χ4v) is 11.2. The van der Waals surface area contributed by atoms with E-state index in [1.165, 1.54) is 38.5 Å². The highest BCUT2D eigenvalue weighted by Gasteiger charge is 2.44. The summed E-state index contributed by atoms with van der Waals surface area (Å²) in [6, 6.07) is 7.44. The summed E-state index contributed by atoms with van der Waals surface area (Å²) < 4.78 is 12.1. The van der Waals surface area contributed by atoms with Crippen molar-refractivity contribution in [2.45, 2.75) is 154 Å². The van der Waals surface area contributed by atoms with Crippen molar-refractivity contribution >= 4 is 65.0 Å². The molecule has 0 aliphatic carbocycles. The number of phenols is 1. The molecule has 2 aliphatic rings. The topological polar surface area (TPSA) is 332 Å². The van der Waals surface area contributed by atoms with Crippen molar-refractivity contribution in [1.29, 1.82) is 0 Å². The molecule has 87 heavy (non-hydrogen) atoms. The number of phenolic OH excluding ortho intramolecular Hbond substituents is 1. The van der Waals surface area contributed by atoms with E-state index in [4.69, 9.17) is 9.47 Å². The summed E-state index contributed by atoms with van der Waals surface area (Å²) in [4.78, 5) is 154. The van der Waals surface area contributed by atoms with Crippen molar-refractivity contribution in [1.82, 2.24) is 51.5 Å². The number of hydrogen-bond donors (Lipinski definition) is 8. The van der Waals surface area contributed by atoms with E-state index >= 15 is 0 Å². The minimum absolute atomic E-state index is 0.0274. The highest BCUT2D eigenvalue weighted by molar-refractivity contribution is 6.13. The largest absolute Gasteiger partial charge is 0.508 e. The highest BCUT2D eigenvalue weighted by Crippen LogP contribution is 2.30. The first kappa shape index (κ1) is 71.7. The van der Waals surface area contributed by atoms with Gasteiger partial charge in [-0.3, -0.25) is 62.5 Å². The lowest BCUT2D eigenvalue weighted by molar-refractivity contribution is -0.148. The summed E-state index contributed by atoms with van der Waals surface area (Å²) in [5.41, 5.74) is 1.08. The average Bonchev–Trinajstić information content (AvgIpc) is 3.34. The standard InChI is InChI=1S/C62H92N10O15/c1-13-38(6)55(70(10)62(85)53(36(2)3)68-61(84)54(37(4)5)69(8)9)47(86-11)35-51(77)71-30-17-20-46(71)56(87-12)39(7)57(80)65-43(32-40-18-15-14-16-19-40)59(82)66-44(33-41-21-23-42(73)24-22-41)60(83)67-45(34-52(78)79)58(81)64-29-28-63-48(74)27-31-72-49(75)25-26-50(72)76/h14-16,18-19,21-26,36-39,43-47,53-56,73H,13,17,20,27-35H2,1-12H3,(H,63,74)(H,64,81)(H,65,80)(H,66,82)(H,67,83)(H,68,84)(H,78,79)/t38-,39+,43-,44-,45-,46-,47+,53-,54-,55-,56?/m0/s1. The van der Waals surface area contributed by atoms with Gasteiger partial charge in [0.25, 0.3) is 11.8 Å². The third kappa shape index (κ3) is 21.0. The molecule has 11 atom stereocenters. The number of benzene rings is 2. The predicted octanol–water partition coefficient (Wildman–Crippen LogP) is 1.30.